The number of likely N-dealkylation sites (N-methyl/N-ethyl adjacent to an activating group) is 1. The Morgan fingerprint density at radius 2 is 1.67 bits per heavy atom. The van der Waals surface area contributed by atoms with Crippen molar-refractivity contribution in [2.24, 2.45) is 0 Å². The molecule has 0 radical (unpaired) electrons. The number of H-pyrrole nitrogens is 1. The van der Waals surface area contributed by atoms with Crippen LogP contribution in [0.2, 0.25) is 0 Å². The van der Waals surface area contributed by atoms with E-state index in [1.165, 1.54) is 11.1 Å². The molecule has 1 N–H and O–H groups in total. The van der Waals surface area contributed by atoms with Crippen molar-refractivity contribution in [3.05, 3.63) is 77.4 Å². The zero-order chi connectivity index (χ0) is 18.8. The first-order valence-corrected chi connectivity index (χ1v) is 9.29. The first-order valence-electron chi connectivity index (χ1n) is 9.29. The number of hydrogen-bond donors (Lipinski definition) is 1. The summed E-state index contributed by atoms with van der Waals surface area (Å²) in [7, 11) is 1.95. The van der Waals surface area contributed by atoms with E-state index < -0.39 is 0 Å². The third kappa shape index (κ3) is 3.64. The molecule has 0 bridgehead atoms. The molecular formula is C22H24N4O. The number of rotatable bonds is 4. The van der Waals surface area contributed by atoms with Gasteiger partial charge in [-0.3, -0.25) is 14.6 Å². The van der Waals surface area contributed by atoms with Crippen LogP contribution in [-0.2, 0) is 24.2 Å². The van der Waals surface area contributed by atoms with Crippen LogP contribution in [0.1, 0.15) is 22.6 Å². The van der Waals surface area contributed by atoms with Gasteiger partial charge in [-0.25, -0.2) is 4.98 Å². The minimum absolute atomic E-state index is 0.0718. The molecule has 0 fully saturated rings. The Hall–Kier alpha value is -2.92. The lowest BCUT2D eigenvalue weighted by Crippen LogP contribution is -2.36. The Morgan fingerprint density at radius 1 is 1.07 bits per heavy atom. The second kappa shape index (κ2) is 7.37. The maximum Gasteiger partial charge on any atom is 0.245 e. The van der Waals surface area contributed by atoms with Crippen molar-refractivity contribution in [2.45, 2.75) is 26.3 Å². The van der Waals surface area contributed by atoms with Crippen LogP contribution in [0.5, 0.6) is 0 Å². The van der Waals surface area contributed by atoms with Gasteiger partial charge in [0, 0.05) is 11.9 Å². The molecule has 0 spiro atoms. The predicted octanol–water partition coefficient (Wildman–Crippen LogP) is 3.61. The van der Waals surface area contributed by atoms with Gasteiger partial charge in [0.15, 0.2) is 0 Å². The minimum Gasteiger partial charge on any atom is -0.345 e. The van der Waals surface area contributed by atoms with Gasteiger partial charge in [-0.2, -0.15) is 0 Å². The summed E-state index contributed by atoms with van der Waals surface area (Å²) in [6, 6.07) is 16.4. The predicted molar refractivity (Wildman–Crippen MR) is 107 cm³/mol. The Bertz CT molecular complexity index is 915. The van der Waals surface area contributed by atoms with Crippen LogP contribution >= 0.6 is 0 Å². The van der Waals surface area contributed by atoms with Gasteiger partial charge in [0.1, 0.15) is 5.82 Å². The van der Waals surface area contributed by atoms with Crippen LogP contribution in [0, 0.1) is 6.92 Å². The van der Waals surface area contributed by atoms with Gasteiger partial charge in [-0.05, 0) is 50.1 Å². The summed E-state index contributed by atoms with van der Waals surface area (Å²) in [5, 5.41) is 0. The summed E-state index contributed by atoms with van der Waals surface area (Å²) in [5.74, 6) is 0.946. The molecule has 0 saturated carbocycles. The van der Waals surface area contributed by atoms with Gasteiger partial charge in [0.05, 0.1) is 24.5 Å². The minimum atomic E-state index is 0.0718. The van der Waals surface area contributed by atoms with Crippen LogP contribution < -0.4 is 4.90 Å². The third-order valence-electron chi connectivity index (χ3n) is 4.96. The number of fused-ring (bicyclic) bond motifs is 2. The van der Waals surface area contributed by atoms with E-state index in [4.69, 9.17) is 0 Å². The van der Waals surface area contributed by atoms with Crippen LogP contribution in [0.15, 0.2) is 54.7 Å². The summed E-state index contributed by atoms with van der Waals surface area (Å²) >= 11 is 0. The van der Waals surface area contributed by atoms with Gasteiger partial charge in [-0.15, -0.1) is 0 Å². The maximum absolute atomic E-state index is 13.3. The van der Waals surface area contributed by atoms with E-state index in [1.807, 2.05) is 66.4 Å². The van der Waals surface area contributed by atoms with E-state index in [1.54, 1.807) is 0 Å². The summed E-state index contributed by atoms with van der Waals surface area (Å²) < 4.78 is 0. The quantitative estimate of drug-likeness (QED) is 0.773. The van der Waals surface area contributed by atoms with Crippen molar-refractivity contribution in [2.75, 3.05) is 18.5 Å². The molecule has 3 aromatic rings. The lowest BCUT2D eigenvalue weighted by Gasteiger charge is -2.27. The molecule has 1 aromatic heterocycles. The van der Waals surface area contributed by atoms with Gasteiger partial charge in [0.2, 0.25) is 5.91 Å². The Labute approximate surface area is 159 Å². The third-order valence-corrected chi connectivity index (χ3v) is 4.96. The number of nitrogens with one attached hydrogen (secondary N) is 1. The second-order valence-corrected chi connectivity index (χ2v) is 7.17. The van der Waals surface area contributed by atoms with E-state index in [2.05, 4.69) is 22.1 Å². The molecule has 2 aromatic carbocycles. The van der Waals surface area contributed by atoms with Crippen molar-refractivity contribution < 1.29 is 4.79 Å². The molecule has 2 heterocycles. The van der Waals surface area contributed by atoms with Crippen molar-refractivity contribution >= 4 is 17.3 Å². The van der Waals surface area contributed by atoms with Gasteiger partial charge in [-0.1, -0.05) is 36.4 Å². The number of imidazole rings is 1. The van der Waals surface area contributed by atoms with Crippen molar-refractivity contribution in [3.63, 3.8) is 0 Å². The summed E-state index contributed by atoms with van der Waals surface area (Å²) in [5.41, 5.74) is 5.45. The fourth-order valence-electron chi connectivity index (χ4n) is 3.71. The number of hydrogen-bond acceptors (Lipinski definition) is 3. The molecule has 1 aliphatic rings. The fraction of sp³-hybridized carbons (Fsp3) is 0.273. The molecule has 138 valence electrons. The highest BCUT2D eigenvalue weighted by molar-refractivity contribution is 6.03. The highest BCUT2D eigenvalue weighted by atomic mass is 16.2. The van der Waals surface area contributed by atoms with Crippen LogP contribution in [0.25, 0.3) is 0 Å². The molecule has 0 atom stereocenters. The molecule has 5 nitrogen and oxygen atoms in total. The molecule has 0 aliphatic carbocycles. The number of anilines is 2. The van der Waals surface area contributed by atoms with Gasteiger partial charge < -0.3 is 4.98 Å². The first kappa shape index (κ1) is 17.5. The Kier molecular flexibility index (Phi) is 4.77. The second-order valence-electron chi connectivity index (χ2n) is 7.17. The zero-order valence-corrected chi connectivity index (χ0v) is 15.8. The number of para-hydroxylation sites is 2. The molecule has 0 unspecified atom stereocenters. The summed E-state index contributed by atoms with van der Waals surface area (Å²) in [4.78, 5) is 24.8. The van der Waals surface area contributed by atoms with Crippen molar-refractivity contribution in [1.29, 1.82) is 0 Å². The van der Waals surface area contributed by atoms with Gasteiger partial charge >= 0.3 is 0 Å². The number of aryl methyl sites for hydroxylation is 3. The van der Waals surface area contributed by atoms with Gasteiger partial charge in [0.25, 0.3) is 0 Å². The monoisotopic (exact) mass is 360 g/mol. The fourth-order valence-corrected chi connectivity index (χ4v) is 3.71. The Morgan fingerprint density at radius 3 is 2.22 bits per heavy atom. The van der Waals surface area contributed by atoms with E-state index in [9.17, 15) is 4.79 Å². The largest absolute Gasteiger partial charge is 0.345 e. The standard InChI is InChI=1S/C22H24N4O/c1-16-13-23-21(24-16)14-25(2)15-22(27)26-19-9-5-3-7-17(19)11-12-18-8-4-6-10-20(18)26/h3-10,13H,11-12,14-15H2,1-2H3,(H,23,24). The first-order chi connectivity index (χ1) is 13.1. The highest BCUT2D eigenvalue weighted by Gasteiger charge is 2.26. The highest BCUT2D eigenvalue weighted by Crippen LogP contribution is 2.36. The number of carbonyl (C=O) groups excluding carboxylic acids is 1. The average molecular weight is 360 g/mol. The number of nitrogens with zero attached hydrogens (tertiary/aromatic N) is 3. The van der Waals surface area contributed by atoms with Crippen LogP contribution in [0.4, 0.5) is 11.4 Å². The van der Waals surface area contributed by atoms with E-state index in [-0.39, 0.29) is 5.91 Å². The average Bonchev–Trinajstić information content (AvgIpc) is 2.98. The molecular weight excluding hydrogens is 336 g/mol. The maximum atomic E-state index is 13.3. The number of carbonyl (C=O) groups is 1. The van der Waals surface area contributed by atoms with E-state index in [0.717, 1.165) is 35.7 Å². The summed E-state index contributed by atoms with van der Waals surface area (Å²) in [6.45, 7) is 2.91. The topological polar surface area (TPSA) is 52.2 Å². The molecule has 4 rings (SSSR count). The van der Waals surface area contributed by atoms with E-state index in [0.29, 0.717) is 13.1 Å². The molecule has 27 heavy (non-hydrogen) atoms. The molecule has 5 heteroatoms. The normalized spacial score (nSPS) is 13.2. The molecule has 0 saturated heterocycles. The van der Waals surface area contributed by atoms with Crippen LogP contribution in [-0.4, -0.2) is 34.4 Å². The van der Waals surface area contributed by atoms with Crippen molar-refractivity contribution in [1.82, 2.24) is 14.9 Å². The SMILES string of the molecule is Cc1cnc(CN(C)CC(=O)N2c3ccccc3CCc3ccccc32)[nH]1. The lowest BCUT2D eigenvalue weighted by atomic mass is 10.0. The molecule has 1 aliphatic heterocycles. The lowest BCUT2D eigenvalue weighted by molar-refractivity contribution is -0.118. The summed E-state index contributed by atoms with van der Waals surface area (Å²) in [6.07, 6.45) is 3.70. The van der Waals surface area contributed by atoms with Crippen molar-refractivity contribution in [3.8, 4) is 0 Å². The number of benzene rings is 2. The number of amides is 1. The smallest absolute Gasteiger partial charge is 0.245 e. The zero-order valence-electron chi connectivity index (χ0n) is 15.8. The van der Waals surface area contributed by atoms with E-state index >= 15 is 0 Å². The Balaban J connectivity index is 1.62. The number of aromatic nitrogens is 2. The molecule has 1 amide bonds. The van der Waals surface area contributed by atoms with Crippen LogP contribution in [0.3, 0.4) is 0 Å². The number of aromatic amines is 1.